The van der Waals surface area contributed by atoms with Gasteiger partial charge in [0, 0.05) is 11.3 Å². The normalized spacial score (nSPS) is 17.7. The van der Waals surface area contributed by atoms with E-state index in [0.717, 1.165) is 5.56 Å². The number of carbonyl (C=O) groups is 1. The summed E-state index contributed by atoms with van der Waals surface area (Å²) in [5.74, 6) is -0.178. The fourth-order valence-electron chi connectivity index (χ4n) is 1.73. The Morgan fingerprint density at radius 3 is 2.89 bits per heavy atom. The summed E-state index contributed by atoms with van der Waals surface area (Å²) < 4.78 is 10.8. The van der Waals surface area contributed by atoms with Gasteiger partial charge in [0.1, 0.15) is 0 Å². The Labute approximate surface area is 106 Å². The maximum absolute atomic E-state index is 11.7. The second-order valence-electron chi connectivity index (χ2n) is 4.20. The smallest absolute Gasteiger partial charge is 0.241 e. The summed E-state index contributed by atoms with van der Waals surface area (Å²) in [7, 11) is 0. The highest BCUT2D eigenvalue weighted by atomic mass is 16.7. The molecule has 0 spiro atoms. The molecule has 18 heavy (non-hydrogen) atoms. The van der Waals surface area contributed by atoms with Gasteiger partial charge in [-0.1, -0.05) is 19.1 Å². The van der Waals surface area contributed by atoms with Crippen LogP contribution in [-0.4, -0.2) is 25.2 Å². The number of hydrogen-bond acceptors (Lipinski definition) is 4. The monoisotopic (exact) mass is 250 g/mol. The van der Waals surface area contributed by atoms with E-state index in [1.54, 1.807) is 0 Å². The Hall–Kier alpha value is -1.43. The number of carbonyl (C=O) groups excluding carboxylic acids is 1. The molecule has 1 aliphatic heterocycles. The van der Waals surface area contributed by atoms with E-state index >= 15 is 0 Å². The van der Waals surface area contributed by atoms with Crippen LogP contribution < -0.4 is 11.1 Å². The minimum absolute atomic E-state index is 0.178. The van der Waals surface area contributed by atoms with Crippen molar-refractivity contribution in [2.75, 3.05) is 18.5 Å². The van der Waals surface area contributed by atoms with Crippen molar-refractivity contribution >= 4 is 11.6 Å². The summed E-state index contributed by atoms with van der Waals surface area (Å²) >= 11 is 0. The second kappa shape index (κ2) is 5.95. The molecule has 1 fully saturated rings. The van der Waals surface area contributed by atoms with Crippen molar-refractivity contribution < 1.29 is 14.3 Å². The van der Waals surface area contributed by atoms with Crippen molar-refractivity contribution in [1.29, 1.82) is 0 Å². The van der Waals surface area contributed by atoms with Crippen LogP contribution in [-0.2, 0) is 14.3 Å². The molecule has 0 aliphatic carbocycles. The number of anilines is 1. The molecular weight excluding hydrogens is 232 g/mol. The second-order valence-corrected chi connectivity index (χ2v) is 4.20. The molecule has 0 bridgehead atoms. The lowest BCUT2D eigenvalue weighted by atomic mass is 10.1. The maximum Gasteiger partial charge on any atom is 0.241 e. The van der Waals surface area contributed by atoms with Crippen LogP contribution in [0.2, 0.25) is 0 Å². The van der Waals surface area contributed by atoms with Gasteiger partial charge in [0.2, 0.25) is 5.91 Å². The lowest BCUT2D eigenvalue weighted by Crippen LogP contribution is -2.34. The Morgan fingerprint density at radius 1 is 1.50 bits per heavy atom. The van der Waals surface area contributed by atoms with Crippen LogP contribution >= 0.6 is 0 Å². The molecule has 98 valence electrons. The van der Waals surface area contributed by atoms with Gasteiger partial charge in [-0.15, -0.1) is 0 Å². The summed E-state index contributed by atoms with van der Waals surface area (Å²) in [6, 6.07) is 6.95. The van der Waals surface area contributed by atoms with Crippen molar-refractivity contribution in [2.45, 2.75) is 25.7 Å². The van der Waals surface area contributed by atoms with E-state index in [9.17, 15) is 4.79 Å². The summed E-state index contributed by atoms with van der Waals surface area (Å²) in [5.41, 5.74) is 7.27. The Bertz CT molecular complexity index is 416. The highest BCUT2D eigenvalue weighted by molar-refractivity contribution is 5.94. The lowest BCUT2D eigenvalue weighted by molar-refractivity contribution is -0.117. The molecule has 1 aliphatic rings. The van der Waals surface area contributed by atoms with Crippen molar-refractivity contribution in [1.82, 2.24) is 0 Å². The van der Waals surface area contributed by atoms with E-state index in [1.165, 1.54) is 0 Å². The van der Waals surface area contributed by atoms with Gasteiger partial charge in [-0.3, -0.25) is 4.79 Å². The fourth-order valence-corrected chi connectivity index (χ4v) is 1.73. The van der Waals surface area contributed by atoms with Crippen molar-refractivity contribution in [3.8, 4) is 0 Å². The minimum Gasteiger partial charge on any atom is -0.346 e. The first-order chi connectivity index (χ1) is 8.70. The number of nitrogens with two attached hydrogens (primary N) is 1. The van der Waals surface area contributed by atoms with Crippen LogP contribution in [0, 0.1) is 0 Å². The van der Waals surface area contributed by atoms with Gasteiger partial charge in [0.05, 0.1) is 19.3 Å². The van der Waals surface area contributed by atoms with Crippen molar-refractivity contribution in [2.24, 2.45) is 5.73 Å². The first-order valence-electron chi connectivity index (χ1n) is 6.10. The van der Waals surface area contributed by atoms with Crippen LogP contribution in [0.1, 0.15) is 25.2 Å². The Morgan fingerprint density at radius 2 is 2.22 bits per heavy atom. The average molecular weight is 250 g/mol. The van der Waals surface area contributed by atoms with E-state index in [1.807, 2.05) is 31.2 Å². The molecule has 1 aromatic rings. The van der Waals surface area contributed by atoms with Gasteiger partial charge < -0.3 is 20.5 Å². The van der Waals surface area contributed by atoms with Crippen LogP contribution in [0.4, 0.5) is 5.69 Å². The molecule has 1 amide bonds. The van der Waals surface area contributed by atoms with E-state index in [0.29, 0.717) is 25.3 Å². The molecule has 3 N–H and O–H groups in total. The summed E-state index contributed by atoms with van der Waals surface area (Å²) in [5, 5.41) is 2.78. The largest absolute Gasteiger partial charge is 0.346 e. The van der Waals surface area contributed by atoms with Crippen LogP contribution in [0.25, 0.3) is 0 Å². The number of ether oxygens (including phenoxy) is 2. The third kappa shape index (κ3) is 3.07. The SMILES string of the molecule is CCC(N)C(=O)Nc1cccc(C2OCCO2)c1. The van der Waals surface area contributed by atoms with Gasteiger partial charge >= 0.3 is 0 Å². The highest BCUT2D eigenvalue weighted by Gasteiger charge is 2.19. The van der Waals surface area contributed by atoms with Crippen molar-refractivity contribution in [3.05, 3.63) is 29.8 Å². The summed E-state index contributed by atoms with van der Waals surface area (Å²) in [6.45, 7) is 3.07. The number of hydrogen-bond donors (Lipinski definition) is 2. The molecule has 2 rings (SSSR count). The van der Waals surface area contributed by atoms with Crippen LogP contribution in [0.3, 0.4) is 0 Å². The molecule has 0 radical (unpaired) electrons. The zero-order valence-electron chi connectivity index (χ0n) is 10.4. The molecule has 5 nitrogen and oxygen atoms in total. The first-order valence-corrected chi connectivity index (χ1v) is 6.10. The van der Waals surface area contributed by atoms with Gasteiger partial charge in [-0.05, 0) is 18.6 Å². The van der Waals surface area contributed by atoms with E-state index in [2.05, 4.69) is 5.32 Å². The number of rotatable bonds is 4. The highest BCUT2D eigenvalue weighted by Crippen LogP contribution is 2.25. The predicted octanol–water partition coefficient (Wildman–Crippen LogP) is 1.41. The standard InChI is InChI=1S/C13H18N2O3/c1-2-11(14)12(16)15-10-5-3-4-9(8-10)13-17-6-7-18-13/h3-5,8,11,13H,2,6-7,14H2,1H3,(H,15,16). The molecule has 1 aromatic carbocycles. The first kappa shape index (κ1) is 13.0. The molecule has 0 saturated carbocycles. The van der Waals surface area contributed by atoms with E-state index < -0.39 is 6.04 Å². The van der Waals surface area contributed by atoms with Gasteiger partial charge in [-0.25, -0.2) is 0 Å². The minimum atomic E-state index is -0.479. The average Bonchev–Trinajstić information content (AvgIpc) is 2.92. The third-order valence-electron chi connectivity index (χ3n) is 2.82. The van der Waals surface area contributed by atoms with Crippen molar-refractivity contribution in [3.63, 3.8) is 0 Å². The predicted molar refractivity (Wildman–Crippen MR) is 68.0 cm³/mol. The van der Waals surface area contributed by atoms with E-state index in [4.69, 9.17) is 15.2 Å². The number of benzene rings is 1. The fraction of sp³-hybridized carbons (Fsp3) is 0.462. The molecule has 1 saturated heterocycles. The third-order valence-corrected chi connectivity index (χ3v) is 2.82. The van der Waals surface area contributed by atoms with Gasteiger partial charge in [-0.2, -0.15) is 0 Å². The molecule has 0 aromatic heterocycles. The molecule has 1 heterocycles. The quantitative estimate of drug-likeness (QED) is 0.847. The van der Waals surface area contributed by atoms with Crippen LogP contribution in [0.15, 0.2) is 24.3 Å². The number of amides is 1. The molecule has 5 heteroatoms. The zero-order chi connectivity index (χ0) is 13.0. The Kier molecular flexibility index (Phi) is 4.30. The summed E-state index contributed by atoms with van der Waals surface area (Å²) in [6.07, 6.45) is 0.280. The van der Waals surface area contributed by atoms with Gasteiger partial charge in [0.15, 0.2) is 6.29 Å². The molecule has 1 unspecified atom stereocenters. The maximum atomic E-state index is 11.7. The Balaban J connectivity index is 2.05. The zero-order valence-corrected chi connectivity index (χ0v) is 10.4. The lowest BCUT2D eigenvalue weighted by Gasteiger charge is -2.13. The van der Waals surface area contributed by atoms with Gasteiger partial charge in [0.25, 0.3) is 0 Å². The summed E-state index contributed by atoms with van der Waals surface area (Å²) in [4.78, 5) is 11.7. The topological polar surface area (TPSA) is 73.6 Å². The number of nitrogens with one attached hydrogen (secondary N) is 1. The van der Waals surface area contributed by atoms with E-state index in [-0.39, 0.29) is 12.2 Å². The van der Waals surface area contributed by atoms with Crippen LogP contribution in [0.5, 0.6) is 0 Å². The molecule has 1 atom stereocenters. The molecular formula is C13H18N2O3.